The van der Waals surface area contributed by atoms with Crippen molar-refractivity contribution < 1.29 is 14.7 Å². The molecule has 8 heteroatoms. The molecule has 0 aromatic carbocycles. The van der Waals surface area contributed by atoms with Gasteiger partial charge >= 0.3 is 12.0 Å². The van der Waals surface area contributed by atoms with E-state index in [1.807, 2.05) is 12.3 Å². The van der Waals surface area contributed by atoms with E-state index >= 15 is 0 Å². The molecule has 21 heavy (non-hydrogen) atoms. The summed E-state index contributed by atoms with van der Waals surface area (Å²) >= 11 is 0. The number of hydrogen-bond donors (Lipinski definition) is 3. The van der Waals surface area contributed by atoms with Crippen molar-refractivity contribution in [1.82, 2.24) is 20.1 Å². The fourth-order valence-corrected chi connectivity index (χ4v) is 1.65. The largest absolute Gasteiger partial charge is 0.477 e. The summed E-state index contributed by atoms with van der Waals surface area (Å²) in [4.78, 5) is 25.9. The Labute approximate surface area is 120 Å². The van der Waals surface area contributed by atoms with Crippen molar-refractivity contribution in [3.63, 3.8) is 0 Å². The smallest absolute Gasteiger partial charge is 0.354 e. The van der Waals surface area contributed by atoms with E-state index in [0.29, 0.717) is 12.2 Å². The summed E-state index contributed by atoms with van der Waals surface area (Å²) < 4.78 is 1.79. The number of urea groups is 1. The highest BCUT2D eigenvalue weighted by molar-refractivity contribution is 5.90. The Balaban J connectivity index is 1.70. The van der Waals surface area contributed by atoms with Gasteiger partial charge in [-0.15, -0.1) is 0 Å². The zero-order chi connectivity index (χ0) is 15.1. The predicted octanol–water partition coefficient (Wildman–Crippen LogP) is 1.19. The number of carbonyl (C=O) groups excluding carboxylic acids is 1. The van der Waals surface area contributed by atoms with Crippen molar-refractivity contribution in [3.8, 4) is 0 Å². The summed E-state index contributed by atoms with van der Waals surface area (Å²) in [6.45, 7) is 1.23. The van der Waals surface area contributed by atoms with Crippen LogP contribution in [0.25, 0.3) is 0 Å². The van der Waals surface area contributed by atoms with E-state index in [4.69, 9.17) is 5.11 Å². The highest BCUT2D eigenvalue weighted by Crippen LogP contribution is 2.05. The normalized spacial score (nSPS) is 10.1. The molecule has 0 saturated heterocycles. The number of carboxylic acids is 1. The van der Waals surface area contributed by atoms with Gasteiger partial charge in [0.2, 0.25) is 0 Å². The highest BCUT2D eigenvalue weighted by Gasteiger charge is 2.05. The van der Waals surface area contributed by atoms with Crippen LogP contribution in [-0.2, 0) is 6.54 Å². The molecule has 0 aliphatic rings. The lowest BCUT2D eigenvalue weighted by atomic mass is 10.3. The van der Waals surface area contributed by atoms with E-state index in [2.05, 4.69) is 20.7 Å². The van der Waals surface area contributed by atoms with Crippen LogP contribution >= 0.6 is 0 Å². The molecule has 2 heterocycles. The Bertz CT molecular complexity index is 595. The lowest BCUT2D eigenvalue weighted by Crippen LogP contribution is -2.30. The molecule has 2 amide bonds. The minimum absolute atomic E-state index is 0.0693. The van der Waals surface area contributed by atoms with Crippen molar-refractivity contribution in [2.24, 2.45) is 0 Å². The maximum atomic E-state index is 11.6. The molecular formula is C13H15N5O3. The van der Waals surface area contributed by atoms with Crippen molar-refractivity contribution in [3.05, 3.63) is 42.5 Å². The molecule has 2 rings (SSSR count). The van der Waals surface area contributed by atoms with Crippen LogP contribution in [0.2, 0.25) is 0 Å². The van der Waals surface area contributed by atoms with Gasteiger partial charge in [-0.1, -0.05) is 0 Å². The second-order valence-electron chi connectivity index (χ2n) is 4.24. The molecule has 0 aliphatic heterocycles. The number of anilines is 1. The SMILES string of the molecule is O=C(NCCCn1cccn1)Nc1ccc(C(=O)O)nc1. The number of nitrogens with zero attached hydrogens (tertiary/aromatic N) is 3. The van der Waals surface area contributed by atoms with Gasteiger partial charge in [-0.2, -0.15) is 5.10 Å². The monoisotopic (exact) mass is 289 g/mol. The molecular weight excluding hydrogens is 274 g/mol. The van der Waals surface area contributed by atoms with Gasteiger partial charge in [-0.25, -0.2) is 14.6 Å². The summed E-state index contributed by atoms with van der Waals surface area (Å²) in [5.74, 6) is -1.11. The van der Waals surface area contributed by atoms with Crippen molar-refractivity contribution in [2.45, 2.75) is 13.0 Å². The number of aromatic carboxylic acids is 1. The average molecular weight is 289 g/mol. The first kappa shape index (κ1) is 14.5. The number of carboxylic acid groups (broad SMARTS) is 1. The standard InChI is InChI=1S/C13H15N5O3/c19-12(20)11-4-3-10(9-15-11)17-13(21)14-5-1-7-18-8-2-6-16-18/h2-4,6,8-9H,1,5,7H2,(H,19,20)(H2,14,17,21). The summed E-state index contributed by atoms with van der Waals surface area (Å²) in [5, 5.41) is 18.0. The van der Waals surface area contributed by atoms with Crippen molar-refractivity contribution in [2.75, 3.05) is 11.9 Å². The Morgan fingerprint density at radius 2 is 2.19 bits per heavy atom. The Morgan fingerprint density at radius 3 is 2.81 bits per heavy atom. The minimum Gasteiger partial charge on any atom is -0.477 e. The van der Waals surface area contributed by atoms with Gasteiger partial charge in [0.25, 0.3) is 0 Å². The molecule has 0 aliphatic carbocycles. The van der Waals surface area contributed by atoms with Crippen LogP contribution in [0.4, 0.5) is 10.5 Å². The van der Waals surface area contributed by atoms with Gasteiger partial charge in [-0.3, -0.25) is 4.68 Å². The quantitative estimate of drug-likeness (QED) is 0.692. The summed E-state index contributed by atoms with van der Waals surface area (Å²) in [6, 6.07) is 4.30. The topological polar surface area (TPSA) is 109 Å². The van der Waals surface area contributed by atoms with E-state index in [9.17, 15) is 9.59 Å². The maximum absolute atomic E-state index is 11.6. The molecule has 2 aromatic rings. The lowest BCUT2D eigenvalue weighted by molar-refractivity contribution is 0.0690. The zero-order valence-electron chi connectivity index (χ0n) is 11.2. The molecule has 0 fully saturated rings. The first-order valence-electron chi connectivity index (χ1n) is 6.37. The van der Waals surface area contributed by atoms with E-state index in [1.165, 1.54) is 18.3 Å². The van der Waals surface area contributed by atoms with Crippen LogP contribution in [0, 0.1) is 0 Å². The van der Waals surface area contributed by atoms with Crippen LogP contribution < -0.4 is 10.6 Å². The third kappa shape index (κ3) is 4.60. The Morgan fingerprint density at radius 1 is 1.33 bits per heavy atom. The number of pyridine rings is 1. The van der Waals surface area contributed by atoms with Crippen molar-refractivity contribution in [1.29, 1.82) is 0 Å². The number of carbonyl (C=O) groups is 2. The van der Waals surface area contributed by atoms with Crippen LogP contribution in [0.5, 0.6) is 0 Å². The summed E-state index contributed by atoms with van der Waals surface area (Å²) in [6.07, 6.45) is 5.61. The van der Waals surface area contributed by atoms with Gasteiger partial charge in [-0.05, 0) is 24.6 Å². The number of amides is 2. The Hall–Kier alpha value is -2.90. The predicted molar refractivity (Wildman–Crippen MR) is 75.1 cm³/mol. The first-order chi connectivity index (χ1) is 10.1. The average Bonchev–Trinajstić information content (AvgIpc) is 2.97. The Kier molecular flexibility index (Phi) is 4.86. The number of aryl methyl sites for hydroxylation is 1. The van der Waals surface area contributed by atoms with Gasteiger partial charge < -0.3 is 15.7 Å². The van der Waals surface area contributed by atoms with Gasteiger partial charge in [0, 0.05) is 25.5 Å². The first-order valence-corrected chi connectivity index (χ1v) is 6.37. The number of hydrogen-bond acceptors (Lipinski definition) is 4. The zero-order valence-corrected chi connectivity index (χ0v) is 11.2. The highest BCUT2D eigenvalue weighted by atomic mass is 16.4. The molecule has 0 spiro atoms. The second kappa shape index (κ2) is 7.04. The van der Waals surface area contributed by atoms with Crippen LogP contribution in [0.3, 0.4) is 0 Å². The van der Waals surface area contributed by atoms with E-state index in [0.717, 1.165) is 13.0 Å². The molecule has 0 saturated carbocycles. The third-order valence-electron chi connectivity index (χ3n) is 2.65. The fraction of sp³-hybridized carbons (Fsp3) is 0.231. The minimum atomic E-state index is -1.11. The van der Waals surface area contributed by atoms with E-state index in [-0.39, 0.29) is 11.7 Å². The van der Waals surface area contributed by atoms with Crippen LogP contribution in [0.1, 0.15) is 16.9 Å². The third-order valence-corrected chi connectivity index (χ3v) is 2.65. The molecule has 0 unspecified atom stereocenters. The molecule has 3 N–H and O–H groups in total. The van der Waals surface area contributed by atoms with Crippen LogP contribution in [-0.4, -0.2) is 38.4 Å². The number of nitrogens with one attached hydrogen (secondary N) is 2. The molecule has 0 atom stereocenters. The van der Waals surface area contributed by atoms with E-state index < -0.39 is 5.97 Å². The molecule has 8 nitrogen and oxygen atoms in total. The summed E-state index contributed by atoms with van der Waals surface area (Å²) in [7, 11) is 0. The lowest BCUT2D eigenvalue weighted by Gasteiger charge is -2.07. The van der Waals surface area contributed by atoms with Gasteiger partial charge in [0.05, 0.1) is 11.9 Å². The van der Waals surface area contributed by atoms with Crippen LogP contribution in [0.15, 0.2) is 36.8 Å². The fourth-order valence-electron chi connectivity index (χ4n) is 1.65. The van der Waals surface area contributed by atoms with Crippen molar-refractivity contribution >= 4 is 17.7 Å². The number of aromatic nitrogens is 3. The summed E-state index contributed by atoms with van der Waals surface area (Å²) in [5.41, 5.74) is 0.366. The maximum Gasteiger partial charge on any atom is 0.354 e. The van der Waals surface area contributed by atoms with Gasteiger partial charge in [0.15, 0.2) is 0 Å². The van der Waals surface area contributed by atoms with E-state index in [1.54, 1.807) is 10.9 Å². The molecule has 0 bridgehead atoms. The number of rotatable bonds is 6. The van der Waals surface area contributed by atoms with Gasteiger partial charge in [0.1, 0.15) is 5.69 Å². The molecule has 0 radical (unpaired) electrons. The molecule has 110 valence electrons. The second-order valence-corrected chi connectivity index (χ2v) is 4.24. The molecule has 2 aromatic heterocycles.